The van der Waals surface area contributed by atoms with Gasteiger partial charge in [-0.05, 0) is 24.3 Å². The van der Waals surface area contributed by atoms with E-state index in [-0.39, 0.29) is 5.75 Å². The maximum absolute atomic E-state index is 12.3. The van der Waals surface area contributed by atoms with Gasteiger partial charge < -0.3 is 10.1 Å². The molecule has 0 aliphatic rings. The Bertz CT molecular complexity index is 520. The molecule has 0 fully saturated rings. The number of H-pyrrole nitrogens is 1. The second kappa shape index (κ2) is 6.63. The third kappa shape index (κ3) is 4.29. The van der Waals surface area contributed by atoms with Crippen LogP contribution in [0.3, 0.4) is 0 Å². The molecule has 19 heavy (non-hydrogen) atoms. The molecule has 0 aliphatic heterocycles. The first-order valence-electron chi connectivity index (χ1n) is 5.57. The number of benzene rings is 1. The molecule has 0 saturated carbocycles. The van der Waals surface area contributed by atoms with Crippen molar-refractivity contribution in [1.82, 2.24) is 15.5 Å². The summed E-state index contributed by atoms with van der Waals surface area (Å²) < 4.78 is 29.8. The second-order valence-electron chi connectivity index (χ2n) is 3.82. The van der Waals surface area contributed by atoms with E-state index in [1.54, 1.807) is 18.3 Å². The van der Waals surface area contributed by atoms with Gasteiger partial charge in [0.2, 0.25) is 0 Å². The van der Waals surface area contributed by atoms with Crippen LogP contribution in [0.15, 0.2) is 34.9 Å². The third-order valence-corrected chi connectivity index (χ3v) is 2.92. The standard InChI is InChI=1S/C12H12BrF2N3O/c13-9-1-2-11(19-12(14)15)8(5-9)6-16-7-10-3-4-17-18-10/h1-5,12,16H,6-7H2,(H,17,18). The molecule has 4 nitrogen and oxygen atoms in total. The predicted octanol–water partition coefficient (Wildman–Crippen LogP) is 3.06. The number of alkyl halides is 2. The van der Waals surface area contributed by atoms with Gasteiger partial charge in [0.15, 0.2) is 0 Å². The highest BCUT2D eigenvalue weighted by Gasteiger charge is 2.10. The molecule has 0 spiro atoms. The fourth-order valence-electron chi connectivity index (χ4n) is 1.61. The summed E-state index contributed by atoms with van der Waals surface area (Å²) in [5, 5.41) is 9.76. The normalized spacial score (nSPS) is 10.9. The number of halogens is 3. The van der Waals surface area contributed by atoms with Gasteiger partial charge >= 0.3 is 6.61 Å². The van der Waals surface area contributed by atoms with Gasteiger partial charge in [-0.2, -0.15) is 13.9 Å². The molecule has 1 aromatic carbocycles. The Morgan fingerprint density at radius 2 is 2.16 bits per heavy atom. The summed E-state index contributed by atoms with van der Waals surface area (Å²) in [7, 11) is 0. The van der Waals surface area contributed by atoms with E-state index in [0.29, 0.717) is 18.7 Å². The van der Waals surface area contributed by atoms with Gasteiger partial charge in [-0.25, -0.2) is 0 Å². The molecule has 0 unspecified atom stereocenters. The van der Waals surface area contributed by atoms with Crippen LogP contribution in [0, 0.1) is 0 Å². The summed E-state index contributed by atoms with van der Waals surface area (Å²) in [6.07, 6.45) is 1.65. The lowest BCUT2D eigenvalue weighted by Crippen LogP contribution is -2.14. The Morgan fingerprint density at radius 1 is 1.32 bits per heavy atom. The van der Waals surface area contributed by atoms with Crippen molar-refractivity contribution in [2.24, 2.45) is 0 Å². The lowest BCUT2D eigenvalue weighted by Gasteiger charge is -2.11. The number of hydrogen-bond donors (Lipinski definition) is 2. The van der Waals surface area contributed by atoms with E-state index in [1.165, 1.54) is 6.07 Å². The number of aromatic amines is 1. The number of aromatic nitrogens is 2. The number of rotatable bonds is 6. The molecule has 0 radical (unpaired) electrons. The predicted molar refractivity (Wildman–Crippen MR) is 69.9 cm³/mol. The molecule has 1 aromatic heterocycles. The zero-order chi connectivity index (χ0) is 13.7. The Labute approximate surface area is 117 Å². The van der Waals surface area contributed by atoms with Crippen molar-refractivity contribution in [1.29, 1.82) is 0 Å². The van der Waals surface area contributed by atoms with Crippen LogP contribution in [0.25, 0.3) is 0 Å². The number of nitrogens with zero attached hydrogens (tertiary/aromatic N) is 1. The van der Waals surface area contributed by atoms with Crippen LogP contribution in [-0.2, 0) is 13.1 Å². The fourth-order valence-corrected chi connectivity index (χ4v) is 2.02. The minimum atomic E-state index is -2.83. The molecule has 0 atom stereocenters. The van der Waals surface area contributed by atoms with Gasteiger partial charge in [0.05, 0.1) is 0 Å². The van der Waals surface area contributed by atoms with Crippen molar-refractivity contribution < 1.29 is 13.5 Å². The maximum atomic E-state index is 12.3. The summed E-state index contributed by atoms with van der Waals surface area (Å²) in [5.41, 5.74) is 1.58. The molecular formula is C12H12BrF2N3O. The molecule has 0 saturated heterocycles. The zero-order valence-corrected chi connectivity index (χ0v) is 11.5. The van der Waals surface area contributed by atoms with E-state index >= 15 is 0 Å². The van der Waals surface area contributed by atoms with Crippen molar-refractivity contribution in [3.05, 3.63) is 46.2 Å². The SMILES string of the molecule is FC(F)Oc1ccc(Br)cc1CNCc1ccn[nH]1. The second-order valence-corrected chi connectivity index (χ2v) is 4.73. The van der Waals surface area contributed by atoms with Crippen molar-refractivity contribution in [3.63, 3.8) is 0 Å². The minimum Gasteiger partial charge on any atom is -0.434 e. The summed E-state index contributed by atoms with van der Waals surface area (Å²) in [6, 6.07) is 6.77. The molecule has 1 heterocycles. The molecule has 7 heteroatoms. The van der Waals surface area contributed by atoms with Crippen molar-refractivity contribution in [2.45, 2.75) is 19.7 Å². The topological polar surface area (TPSA) is 49.9 Å². The van der Waals surface area contributed by atoms with Crippen LogP contribution >= 0.6 is 15.9 Å². The largest absolute Gasteiger partial charge is 0.434 e. The number of hydrogen-bond acceptors (Lipinski definition) is 3. The van der Waals surface area contributed by atoms with Gasteiger partial charge in [-0.15, -0.1) is 0 Å². The molecule has 102 valence electrons. The first kappa shape index (κ1) is 14.0. The van der Waals surface area contributed by atoms with Crippen LogP contribution in [-0.4, -0.2) is 16.8 Å². The highest BCUT2D eigenvalue weighted by molar-refractivity contribution is 9.10. The molecule has 0 aliphatic carbocycles. The van der Waals surface area contributed by atoms with Crippen molar-refractivity contribution in [3.8, 4) is 5.75 Å². The Morgan fingerprint density at radius 3 is 2.84 bits per heavy atom. The van der Waals surface area contributed by atoms with E-state index in [0.717, 1.165) is 10.2 Å². The first-order chi connectivity index (χ1) is 9.15. The molecule has 2 aromatic rings. The smallest absolute Gasteiger partial charge is 0.387 e. The Hall–Kier alpha value is -1.47. The van der Waals surface area contributed by atoms with E-state index in [9.17, 15) is 8.78 Å². The van der Waals surface area contributed by atoms with Crippen LogP contribution in [0.5, 0.6) is 5.75 Å². The summed E-state index contributed by atoms with van der Waals surface area (Å²) >= 11 is 3.31. The summed E-state index contributed by atoms with van der Waals surface area (Å²) in [5.74, 6) is 0.176. The van der Waals surface area contributed by atoms with Crippen LogP contribution in [0.4, 0.5) is 8.78 Å². The van der Waals surface area contributed by atoms with Gasteiger partial charge in [-0.1, -0.05) is 15.9 Å². The van der Waals surface area contributed by atoms with Gasteiger partial charge in [0.1, 0.15) is 5.75 Å². The molecule has 0 bridgehead atoms. The first-order valence-corrected chi connectivity index (χ1v) is 6.36. The minimum absolute atomic E-state index is 0.176. The third-order valence-electron chi connectivity index (χ3n) is 2.43. The van der Waals surface area contributed by atoms with E-state index in [1.807, 2.05) is 6.07 Å². The van der Waals surface area contributed by atoms with Crippen LogP contribution in [0.2, 0.25) is 0 Å². The molecule has 0 amide bonds. The lowest BCUT2D eigenvalue weighted by atomic mass is 10.2. The summed E-state index contributed by atoms with van der Waals surface area (Å²) in [6.45, 7) is -1.84. The summed E-state index contributed by atoms with van der Waals surface area (Å²) in [4.78, 5) is 0. The number of ether oxygens (including phenoxy) is 1. The number of nitrogens with one attached hydrogen (secondary N) is 2. The lowest BCUT2D eigenvalue weighted by molar-refractivity contribution is -0.0505. The molecular weight excluding hydrogens is 320 g/mol. The van der Waals surface area contributed by atoms with Crippen LogP contribution < -0.4 is 10.1 Å². The highest BCUT2D eigenvalue weighted by Crippen LogP contribution is 2.24. The fraction of sp³-hybridized carbons (Fsp3) is 0.250. The van der Waals surface area contributed by atoms with Crippen molar-refractivity contribution >= 4 is 15.9 Å². The maximum Gasteiger partial charge on any atom is 0.387 e. The monoisotopic (exact) mass is 331 g/mol. The average molecular weight is 332 g/mol. The van der Waals surface area contributed by atoms with Gasteiger partial charge in [-0.3, -0.25) is 5.10 Å². The van der Waals surface area contributed by atoms with E-state index < -0.39 is 6.61 Å². The van der Waals surface area contributed by atoms with Crippen molar-refractivity contribution in [2.75, 3.05) is 0 Å². The molecule has 2 N–H and O–H groups in total. The van der Waals surface area contributed by atoms with Gasteiger partial charge in [0.25, 0.3) is 0 Å². The van der Waals surface area contributed by atoms with E-state index in [4.69, 9.17) is 0 Å². The Kier molecular flexibility index (Phi) is 4.86. The average Bonchev–Trinajstić information content (AvgIpc) is 2.85. The quantitative estimate of drug-likeness (QED) is 0.855. The van der Waals surface area contributed by atoms with E-state index in [2.05, 4.69) is 36.2 Å². The van der Waals surface area contributed by atoms with Crippen LogP contribution in [0.1, 0.15) is 11.3 Å². The molecule has 2 rings (SSSR count). The Balaban J connectivity index is 1.99. The van der Waals surface area contributed by atoms with Gasteiger partial charge in [0, 0.05) is 35.0 Å². The zero-order valence-electron chi connectivity index (χ0n) is 9.87. The highest BCUT2D eigenvalue weighted by atomic mass is 79.9.